The van der Waals surface area contributed by atoms with E-state index in [0.717, 1.165) is 31.3 Å². The summed E-state index contributed by atoms with van der Waals surface area (Å²) in [5.74, 6) is 0.0804. The van der Waals surface area contributed by atoms with Gasteiger partial charge in [-0.05, 0) is 72.3 Å². The normalized spacial score (nSPS) is 24.2. The summed E-state index contributed by atoms with van der Waals surface area (Å²) in [4.78, 5) is 23.7. The third-order valence-corrected chi connectivity index (χ3v) is 6.01. The van der Waals surface area contributed by atoms with Gasteiger partial charge in [-0.3, -0.25) is 9.59 Å². The molecule has 0 fully saturated rings. The number of Topliss-reactive ketones (excluding diaryl/α,β-unsaturated/α-hetero) is 2. The monoisotopic (exact) mass is 402 g/mol. The fourth-order valence-electron chi connectivity index (χ4n) is 3.67. The average molecular weight is 403 g/mol. The van der Waals surface area contributed by atoms with E-state index < -0.39 is 6.10 Å². The second kappa shape index (κ2) is 11.9. The Morgan fingerprint density at radius 3 is 2.14 bits per heavy atom. The average Bonchev–Trinajstić information content (AvgIpc) is 2.66. The van der Waals surface area contributed by atoms with Crippen molar-refractivity contribution in [3.8, 4) is 0 Å². The Morgan fingerprint density at radius 2 is 1.59 bits per heavy atom. The number of hydrogen-bond donors (Lipinski definition) is 1. The lowest BCUT2D eigenvalue weighted by Gasteiger charge is -2.33. The van der Waals surface area contributed by atoms with Gasteiger partial charge in [-0.2, -0.15) is 0 Å². The van der Waals surface area contributed by atoms with Gasteiger partial charge in [0, 0.05) is 17.4 Å². The van der Waals surface area contributed by atoms with Crippen molar-refractivity contribution in [1.82, 2.24) is 0 Å². The molecule has 0 aromatic carbocycles. The topological polar surface area (TPSA) is 63.6 Å². The summed E-state index contributed by atoms with van der Waals surface area (Å²) < 4.78 is 5.19. The van der Waals surface area contributed by atoms with Gasteiger partial charge in [-0.1, -0.05) is 36.3 Å². The molecule has 1 rings (SSSR count). The molecule has 0 aromatic heterocycles. The molecule has 3 atom stereocenters. The van der Waals surface area contributed by atoms with Crippen LogP contribution in [0.4, 0.5) is 0 Å². The minimum Gasteiger partial charge on any atom is -0.493 e. The number of aliphatic hydroxyl groups excluding tert-OH is 1. The Bertz CT molecular complexity index is 721. The van der Waals surface area contributed by atoms with Crippen LogP contribution in [0.25, 0.3) is 0 Å². The Labute approximate surface area is 176 Å². The zero-order valence-electron chi connectivity index (χ0n) is 19.2. The molecule has 0 heterocycles. The van der Waals surface area contributed by atoms with Crippen molar-refractivity contribution in [3.63, 3.8) is 0 Å². The number of methoxy groups -OCH3 is 1. The van der Waals surface area contributed by atoms with Gasteiger partial charge in [-0.25, -0.2) is 0 Å². The molecular weight excluding hydrogens is 364 g/mol. The number of allylic oxidation sites excluding steroid dienone is 7. The van der Waals surface area contributed by atoms with Crippen molar-refractivity contribution in [2.75, 3.05) is 7.11 Å². The maximum absolute atomic E-state index is 12.4. The molecular formula is C25H38O4. The summed E-state index contributed by atoms with van der Waals surface area (Å²) in [5.41, 5.74) is 4.07. The summed E-state index contributed by atoms with van der Waals surface area (Å²) in [6.07, 6.45) is 10.3. The second-order valence-electron chi connectivity index (χ2n) is 8.34. The van der Waals surface area contributed by atoms with Gasteiger partial charge in [0.2, 0.25) is 5.78 Å². The van der Waals surface area contributed by atoms with E-state index in [-0.39, 0.29) is 23.4 Å². The molecule has 0 aromatic rings. The minimum atomic E-state index is -0.643. The fourth-order valence-corrected chi connectivity index (χ4v) is 3.67. The van der Waals surface area contributed by atoms with Gasteiger partial charge < -0.3 is 9.84 Å². The third-order valence-electron chi connectivity index (χ3n) is 6.01. The van der Waals surface area contributed by atoms with E-state index in [2.05, 4.69) is 26.0 Å². The van der Waals surface area contributed by atoms with Crippen LogP contribution in [0.15, 0.2) is 46.3 Å². The number of rotatable bonds is 10. The Morgan fingerprint density at radius 1 is 1.03 bits per heavy atom. The maximum atomic E-state index is 12.4. The van der Waals surface area contributed by atoms with Gasteiger partial charge in [0.1, 0.15) is 0 Å². The van der Waals surface area contributed by atoms with Gasteiger partial charge in [0.15, 0.2) is 11.5 Å². The molecule has 0 spiro atoms. The van der Waals surface area contributed by atoms with Crippen molar-refractivity contribution in [3.05, 3.63) is 46.3 Å². The van der Waals surface area contributed by atoms with E-state index >= 15 is 0 Å². The van der Waals surface area contributed by atoms with Crippen LogP contribution in [0.1, 0.15) is 73.6 Å². The fraction of sp³-hybridized carbons (Fsp3) is 0.600. The van der Waals surface area contributed by atoms with Crippen LogP contribution in [0.5, 0.6) is 0 Å². The highest BCUT2D eigenvalue weighted by atomic mass is 16.5. The van der Waals surface area contributed by atoms with E-state index in [0.29, 0.717) is 17.8 Å². The summed E-state index contributed by atoms with van der Waals surface area (Å²) >= 11 is 0. The summed E-state index contributed by atoms with van der Waals surface area (Å²) in [5, 5.41) is 10.6. The smallest absolute Gasteiger partial charge is 0.200 e. The Balaban J connectivity index is 2.56. The molecule has 162 valence electrons. The lowest BCUT2D eigenvalue weighted by Crippen LogP contribution is -2.38. The first-order valence-corrected chi connectivity index (χ1v) is 10.6. The van der Waals surface area contributed by atoms with Crippen molar-refractivity contribution >= 4 is 11.6 Å². The zero-order chi connectivity index (χ0) is 22.1. The standard InChI is InChI=1S/C25H38O4/c1-16(12-9-13-18(3)21(6)26)10-8-11-17(2)14-15-22-19(4)24(28)25(29-7)20(5)23(22)27/h10,13-14,19,22-23,27H,8-9,11-12,15H2,1-7H3/b16-10+,17-14+,18-13+. The van der Waals surface area contributed by atoms with Crippen LogP contribution >= 0.6 is 0 Å². The molecule has 1 N–H and O–H groups in total. The molecule has 4 heteroatoms. The van der Waals surface area contributed by atoms with Crippen LogP contribution in [-0.4, -0.2) is 29.9 Å². The molecule has 0 saturated carbocycles. The summed E-state index contributed by atoms with van der Waals surface area (Å²) in [6.45, 7) is 11.3. The van der Waals surface area contributed by atoms with Crippen molar-refractivity contribution < 1.29 is 19.4 Å². The molecule has 29 heavy (non-hydrogen) atoms. The van der Waals surface area contributed by atoms with Gasteiger partial charge in [0.05, 0.1) is 13.2 Å². The number of carbonyl (C=O) groups is 2. The quantitative estimate of drug-likeness (QED) is 0.388. The maximum Gasteiger partial charge on any atom is 0.200 e. The minimum absolute atomic E-state index is 0.0148. The van der Waals surface area contributed by atoms with Crippen LogP contribution in [0, 0.1) is 11.8 Å². The Kier molecular flexibility index (Phi) is 10.3. The molecule has 4 nitrogen and oxygen atoms in total. The highest BCUT2D eigenvalue weighted by Crippen LogP contribution is 2.34. The predicted molar refractivity (Wildman–Crippen MR) is 118 cm³/mol. The van der Waals surface area contributed by atoms with Crippen LogP contribution in [0.2, 0.25) is 0 Å². The number of aliphatic hydroxyl groups is 1. The van der Waals surface area contributed by atoms with E-state index in [1.54, 1.807) is 13.8 Å². The largest absolute Gasteiger partial charge is 0.493 e. The first kappa shape index (κ1) is 25.1. The van der Waals surface area contributed by atoms with Crippen LogP contribution in [-0.2, 0) is 14.3 Å². The third kappa shape index (κ3) is 7.43. The Hall–Kier alpha value is -1.94. The van der Waals surface area contributed by atoms with Gasteiger partial charge in [0.25, 0.3) is 0 Å². The molecule has 0 saturated heterocycles. The summed E-state index contributed by atoms with van der Waals surface area (Å²) in [6, 6.07) is 0. The van der Waals surface area contributed by atoms with Gasteiger partial charge >= 0.3 is 0 Å². The van der Waals surface area contributed by atoms with Crippen molar-refractivity contribution in [2.45, 2.75) is 79.8 Å². The van der Waals surface area contributed by atoms with E-state index in [4.69, 9.17) is 4.74 Å². The van der Waals surface area contributed by atoms with Gasteiger partial charge in [-0.15, -0.1) is 0 Å². The molecule has 1 aliphatic rings. The van der Waals surface area contributed by atoms with E-state index in [1.807, 2.05) is 19.9 Å². The molecule has 1 aliphatic carbocycles. The highest BCUT2D eigenvalue weighted by Gasteiger charge is 2.39. The first-order chi connectivity index (χ1) is 13.6. The number of carbonyl (C=O) groups excluding carboxylic acids is 2. The molecule has 0 aliphatic heterocycles. The predicted octanol–water partition coefficient (Wildman–Crippen LogP) is 5.48. The lowest BCUT2D eigenvalue weighted by atomic mass is 9.75. The number of ketones is 2. The van der Waals surface area contributed by atoms with Crippen molar-refractivity contribution in [1.29, 1.82) is 0 Å². The first-order valence-electron chi connectivity index (χ1n) is 10.6. The number of ether oxygens (including phenoxy) is 1. The molecule has 3 unspecified atom stereocenters. The SMILES string of the molecule is COC1=C(C)C(O)C(C/C=C(\C)CC/C=C(\C)CC/C=C(\C)C(C)=O)C(C)C1=O. The van der Waals surface area contributed by atoms with E-state index in [1.165, 1.54) is 18.3 Å². The van der Waals surface area contributed by atoms with Crippen LogP contribution in [0.3, 0.4) is 0 Å². The molecule has 0 radical (unpaired) electrons. The zero-order valence-corrected chi connectivity index (χ0v) is 19.2. The molecule has 0 amide bonds. The summed E-state index contributed by atoms with van der Waals surface area (Å²) in [7, 11) is 1.48. The number of hydrogen-bond acceptors (Lipinski definition) is 4. The van der Waals surface area contributed by atoms with E-state index in [9.17, 15) is 14.7 Å². The second-order valence-corrected chi connectivity index (χ2v) is 8.34. The lowest BCUT2D eigenvalue weighted by molar-refractivity contribution is -0.126. The molecule has 0 bridgehead atoms. The van der Waals surface area contributed by atoms with Crippen LogP contribution < -0.4 is 0 Å². The highest BCUT2D eigenvalue weighted by molar-refractivity contribution is 5.97. The van der Waals surface area contributed by atoms with Crippen molar-refractivity contribution in [2.24, 2.45) is 11.8 Å².